The molecule has 3 rings (SSSR count). The van der Waals surface area contributed by atoms with Crippen LogP contribution in [0.4, 0.5) is 5.69 Å². The number of benzene rings is 2. The Bertz CT molecular complexity index is 1180. The average molecular weight is 438 g/mol. The lowest BCUT2D eigenvalue weighted by molar-refractivity contribution is -0.117. The van der Waals surface area contributed by atoms with E-state index >= 15 is 0 Å². The van der Waals surface area contributed by atoms with E-state index in [1.807, 2.05) is 0 Å². The molecule has 2 N–H and O–H groups in total. The van der Waals surface area contributed by atoms with Gasteiger partial charge in [-0.25, -0.2) is 0 Å². The number of hydrogen-bond acceptors (Lipinski definition) is 6. The van der Waals surface area contributed by atoms with Crippen LogP contribution in [0.25, 0.3) is 0 Å². The van der Waals surface area contributed by atoms with Crippen LogP contribution in [0, 0.1) is 13.7 Å². The molecule has 0 bridgehead atoms. The number of aliphatic hydroxyl groups is 1. The van der Waals surface area contributed by atoms with E-state index in [0.717, 1.165) is 12.1 Å². The zero-order chi connectivity index (χ0) is 30.8. The molecular weight excluding hydrogens is 394 g/mol. The molecule has 1 saturated heterocycles. The normalized spacial score (nSPS) is 22.5. The largest absolute Gasteiger partial charge is 0.493 e. The molecule has 1 heterocycles. The molecule has 1 aliphatic rings. The zero-order valence-corrected chi connectivity index (χ0v) is 17.2. The van der Waals surface area contributed by atoms with Crippen LogP contribution in [0.2, 0.25) is 0 Å². The molecule has 2 aromatic carbocycles. The molecule has 1 amide bonds. The summed E-state index contributed by atoms with van der Waals surface area (Å²) in [5.74, 6) is -0.815. The quantitative estimate of drug-likeness (QED) is 0.627. The maximum Gasteiger partial charge on any atom is 0.238 e. The van der Waals surface area contributed by atoms with E-state index in [9.17, 15) is 9.90 Å². The third-order valence-corrected chi connectivity index (χ3v) is 4.74. The van der Waals surface area contributed by atoms with Crippen molar-refractivity contribution in [1.29, 1.82) is 0 Å². The fraction of sp³-hybridized carbons (Fsp3) is 0.458. The van der Waals surface area contributed by atoms with E-state index in [1.54, 1.807) is 23.1 Å². The molecule has 0 saturated carbocycles. The van der Waals surface area contributed by atoms with Gasteiger partial charge in [-0.15, -0.1) is 0 Å². The number of nitrogens with one attached hydrogen (secondary N) is 1. The van der Waals surface area contributed by atoms with E-state index in [4.69, 9.17) is 23.2 Å². The van der Waals surface area contributed by atoms with Crippen LogP contribution in [0.1, 0.15) is 24.8 Å². The number of hydrogen-bond donors (Lipinski definition) is 2. The topological polar surface area (TPSA) is 74.3 Å². The van der Waals surface area contributed by atoms with E-state index in [2.05, 4.69) is 5.32 Å². The molecule has 7 heteroatoms. The Kier molecular flexibility index (Phi) is 4.69. The van der Waals surface area contributed by atoms with Gasteiger partial charge in [-0.2, -0.15) is 0 Å². The van der Waals surface area contributed by atoms with Crippen molar-refractivity contribution < 1.29 is 33.1 Å². The number of methoxy groups -OCH3 is 1. The van der Waals surface area contributed by atoms with Crippen molar-refractivity contribution >= 4 is 11.6 Å². The summed E-state index contributed by atoms with van der Waals surface area (Å²) in [4.78, 5) is 16.0. The minimum atomic E-state index is -2.76. The second kappa shape index (κ2) is 11.1. The van der Waals surface area contributed by atoms with Gasteiger partial charge in [0.2, 0.25) is 5.91 Å². The maximum absolute atomic E-state index is 13.1. The molecule has 0 aromatic heterocycles. The summed E-state index contributed by atoms with van der Waals surface area (Å²) in [7, 11) is 1.41. The molecule has 1 fully saturated rings. The van der Waals surface area contributed by atoms with Gasteiger partial charge >= 0.3 is 0 Å². The van der Waals surface area contributed by atoms with Crippen LogP contribution >= 0.6 is 0 Å². The number of β-amino-alcohol motifs (C(OH)–C–C–N with tert-alkyl or cyclic N) is 1. The Morgan fingerprint density at radius 2 is 1.74 bits per heavy atom. The van der Waals surface area contributed by atoms with Gasteiger partial charge in [-0.3, -0.25) is 14.6 Å². The standard InChI is InChI=1S/C24H33N3O4/c1-18-7-6-8-19(2)24(18)25-23(29)16-27-13-11-26(12-14-27)15-20(28)17-31-22-10-5-4-9-21(22)30-3/h4-10,20,28H,11-17H2,1-3H3,(H,25,29)/i1D3,2D3,16D2,17D2. The van der Waals surface area contributed by atoms with Crippen LogP contribution in [0.15, 0.2) is 42.5 Å². The summed E-state index contributed by atoms with van der Waals surface area (Å²) in [5.41, 5.74) is -1.31. The van der Waals surface area contributed by atoms with Crippen LogP contribution in [0.5, 0.6) is 11.5 Å². The first-order chi connectivity index (χ1) is 18.9. The lowest BCUT2D eigenvalue weighted by Gasteiger charge is -2.35. The molecule has 0 spiro atoms. The number of rotatable bonds is 9. The predicted octanol–water partition coefficient (Wildman–Crippen LogP) is 2.31. The molecule has 168 valence electrons. The number of anilines is 1. The van der Waals surface area contributed by atoms with Crippen molar-refractivity contribution in [2.45, 2.75) is 19.8 Å². The summed E-state index contributed by atoms with van der Waals surface area (Å²) in [6.45, 7) is -10.4. The van der Waals surface area contributed by atoms with Gasteiger partial charge in [0.25, 0.3) is 0 Å². The number of carbonyl (C=O) groups is 1. The highest BCUT2D eigenvalue weighted by atomic mass is 16.5. The van der Waals surface area contributed by atoms with Crippen molar-refractivity contribution in [1.82, 2.24) is 9.80 Å². The molecule has 7 nitrogen and oxygen atoms in total. The Morgan fingerprint density at radius 3 is 2.39 bits per heavy atom. The van der Waals surface area contributed by atoms with Gasteiger partial charge in [0.15, 0.2) is 11.5 Å². The summed E-state index contributed by atoms with van der Waals surface area (Å²) in [6.07, 6.45) is -1.58. The molecule has 1 aliphatic heterocycles. The smallest absolute Gasteiger partial charge is 0.238 e. The number of para-hydroxylation sites is 3. The van der Waals surface area contributed by atoms with E-state index in [-0.39, 0.29) is 38.5 Å². The number of nitrogens with zero attached hydrogens (tertiary/aromatic N) is 2. The number of ether oxygens (including phenoxy) is 2. The zero-order valence-electron chi connectivity index (χ0n) is 27.2. The first-order valence-corrected chi connectivity index (χ1v) is 9.81. The lowest BCUT2D eigenvalue weighted by Crippen LogP contribution is -2.50. The summed E-state index contributed by atoms with van der Waals surface area (Å²) >= 11 is 0. The van der Waals surface area contributed by atoms with Gasteiger partial charge in [0.1, 0.15) is 12.7 Å². The van der Waals surface area contributed by atoms with Crippen molar-refractivity contribution in [2.24, 2.45) is 0 Å². The molecule has 31 heavy (non-hydrogen) atoms. The van der Waals surface area contributed by atoms with Gasteiger partial charge < -0.3 is 19.9 Å². The SMILES string of the molecule is [2H]C([2H])([2H])c1cccc(C([2H])([2H])[2H])c1NC(=O)C([2H])([2H])N1CCN(CC(O)C([2H])([2H])Oc2ccccc2OC)CC1. The van der Waals surface area contributed by atoms with Gasteiger partial charge in [-0.1, -0.05) is 30.3 Å². The van der Waals surface area contributed by atoms with Crippen LogP contribution in [-0.2, 0) is 4.79 Å². The summed E-state index contributed by atoms with van der Waals surface area (Å²) in [6, 6.07) is 10.00. The molecule has 2 aromatic rings. The van der Waals surface area contributed by atoms with Crippen LogP contribution < -0.4 is 14.8 Å². The third kappa shape index (κ3) is 6.69. The van der Waals surface area contributed by atoms with Crippen LogP contribution in [0.3, 0.4) is 0 Å². The number of amides is 1. The van der Waals surface area contributed by atoms with Crippen molar-refractivity contribution in [3.8, 4) is 11.5 Å². The lowest BCUT2D eigenvalue weighted by atomic mass is 10.1. The fourth-order valence-corrected chi connectivity index (χ4v) is 3.13. The minimum absolute atomic E-state index is 0.0105. The van der Waals surface area contributed by atoms with E-state index in [0.29, 0.717) is 5.75 Å². The highest BCUT2D eigenvalue weighted by Gasteiger charge is 2.21. The van der Waals surface area contributed by atoms with E-state index in [1.165, 1.54) is 24.1 Å². The monoisotopic (exact) mass is 437 g/mol. The minimum Gasteiger partial charge on any atom is -0.493 e. The molecular formula is C24H33N3O4. The van der Waals surface area contributed by atoms with Gasteiger partial charge in [0, 0.05) is 46.6 Å². The molecule has 1 atom stereocenters. The maximum atomic E-state index is 13.1. The molecule has 0 radical (unpaired) electrons. The van der Waals surface area contributed by atoms with Crippen molar-refractivity contribution in [2.75, 3.05) is 58.2 Å². The predicted molar refractivity (Wildman–Crippen MR) is 122 cm³/mol. The first kappa shape index (κ1) is 13.1. The van der Waals surface area contributed by atoms with Gasteiger partial charge in [-0.05, 0) is 37.0 Å². The summed E-state index contributed by atoms with van der Waals surface area (Å²) in [5, 5.41) is 12.8. The van der Waals surface area contributed by atoms with Gasteiger partial charge in [0.05, 0.1) is 19.1 Å². The highest BCUT2D eigenvalue weighted by molar-refractivity contribution is 5.93. The number of carbonyl (C=O) groups excluding carboxylic acids is 1. The van der Waals surface area contributed by atoms with E-state index < -0.39 is 55.6 Å². The Balaban J connectivity index is 1.66. The van der Waals surface area contributed by atoms with Crippen molar-refractivity contribution in [3.05, 3.63) is 53.6 Å². The second-order valence-electron chi connectivity index (χ2n) is 6.97. The van der Waals surface area contributed by atoms with Crippen molar-refractivity contribution in [3.63, 3.8) is 0 Å². The van der Waals surface area contributed by atoms with Crippen LogP contribution in [-0.4, -0.2) is 79.8 Å². The molecule has 1 unspecified atom stereocenters. The number of aryl methyl sites for hydroxylation is 2. The Labute approximate surface area is 198 Å². The Morgan fingerprint density at radius 1 is 1.10 bits per heavy atom. The third-order valence-electron chi connectivity index (χ3n) is 4.74. The fourth-order valence-electron chi connectivity index (χ4n) is 3.13. The second-order valence-corrected chi connectivity index (χ2v) is 6.97. The average Bonchev–Trinajstić information content (AvgIpc) is 2.88. The highest BCUT2D eigenvalue weighted by Crippen LogP contribution is 2.25. The Hall–Kier alpha value is -2.61. The first-order valence-electron chi connectivity index (χ1n) is 14.8. The number of piperazine rings is 1. The molecule has 0 aliphatic carbocycles. The number of aliphatic hydroxyl groups excluding tert-OH is 1. The summed E-state index contributed by atoms with van der Waals surface area (Å²) < 4.78 is 90.3.